The van der Waals surface area contributed by atoms with Crippen molar-refractivity contribution in [2.24, 2.45) is 5.92 Å². The molecule has 1 fully saturated rings. The Morgan fingerprint density at radius 3 is 2.70 bits per heavy atom. The van der Waals surface area contributed by atoms with E-state index in [2.05, 4.69) is 47.7 Å². The summed E-state index contributed by atoms with van der Waals surface area (Å²) in [6, 6.07) is 10.1. The van der Waals surface area contributed by atoms with Gasteiger partial charge in [-0.2, -0.15) is 0 Å². The number of hydrogen-bond acceptors (Lipinski definition) is 1. The number of likely N-dealkylation sites (tertiary alicyclic amines) is 1. The molecule has 0 spiro atoms. The van der Waals surface area contributed by atoms with E-state index in [-0.39, 0.29) is 0 Å². The fraction of sp³-hybridized carbons (Fsp3) is 0.364. The Balaban J connectivity index is 1.68. The van der Waals surface area contributed by atoms with E-state index in [1.54, 1.807) is 0 Å². The van der Waals surface area contributed by atoms with E-state index in [4.69, 9.17) is 0 Å². The predicted octanol–water partition coefficient (Wildman–Crippen LogP) is 4.03. The minimum atomic E-state index is 0.788. The van der Waals surface area contributed by atoms with E-state index >= 15 is 0 Å². The second kappa shape index (κ2) is 7.87. The molecule has 1 aliphatic heterocycles. The molecule has 1 aromatic rings. The quantitative estimate of drug-likeness (QED) is 0.746. The van der Waals surface area contributed by atoms with E-state index < -0.39 is 0 Å². The molecule has 0 amide bonds. The van der Waals surface area contributed by atoms with Gasteiger partial charge in [0.1, 0.15) is 0 Å². The van der Waals surface area contributed by atoms with Crippen LogP contribution in [-0.2, 0) is 0 Å². The summed E-state index contributed by atoms with van der Waals surface area (Å²) >= 11 is 0. The lowest BCUT2D eigenvalue weighted by Gasteiger charge is -2.30. The monoisotopic (exact) mass is 301 g/mol. The first-order valence-corrected chi connectivity index (χ1v) is 8.48. The van der Waals surface area contributed by atoms with Gasteiger partial charge in [0.15, 0.2) is 0 Å². The Morgan fingerprint density at radius 2 is 1.91 bits per heavy atom. The summed E-state index contributed by atoms with van der Waals surface area (Å²) in [5.74, 6) is 13.9. The van der Waals surface area contributed by atoms with Crippen LogP contribution in [0.4, 0.5) is 0 Å². The van der Waals surface area contributed by atoms with Gasteiger partial charge in [-0.05, 0) is 50.1 Å². The van der Waals surface area contributed by atoms with Crippen LogP contribution in [0.3, 0.4) is 0 Å². The van der Waals surface area contributed by atoms with Crippen LogP contribution in [-0.4, -0.2) is 24.5 Å². The third kappa shape index (κ3) is 4.88. The number of benzene rings is 1. The van der Waals surface area contributed by atoms with Gasteiger partial charge in [-0.25, -0.2) is 0 Å². The standard InChI is InChI=1S/C22H23N/c1-19-13-15-23(16-14-19)18-22-10-6-5-9-21(17-22)12-11-20-7-3-2-4-8-20/h2-4,7-9,17,19H,5,13-16,18H2,1H3. The zero-order chi connectivity index (χ0) is 15.9. The molecule has 0 saturated carbocycles. The van der Waals surface area contributed by atoms with Crippen molar-refractivity contribution in [2.75, 3.05) is 19.6 Å². The number of allylic oxidation sites excluding steroid dienone is 3. The Bertz CT molecular complexity index is 708. The summed E-state index contributed by atoms with van der Waals surface area (Å²) in [4.78, 5) is 2.52. The van der Waals surface area contributed by atoms with Gasteiger partial charge in [0, 0.05) is 29.7 Å². The van der Waals surface area contributed by atoms with E-state index in [1.807, 2.05) is 30.3 Å². The maximum Gasteiger partial charge on any atom is 0.0313 e. The van der Waals surface area contributed by atoms with Crippen molar-refractivity contribution in [2.45, 2.75) is 26.2 Å². The lowest BCUT2D eigenvalue weighted by molar-refractivity contribution is 0.208. The molecule has 1 aliphatic carbocycles. The van der Waals surface area contributed by atoms with Crippen molar-refractivity contribution in [1.29, 1.82) is 0 Å². The zero-order valence-corrected chi connectivity index (χ0v) is 13.8. The van der Waals surface area contributed by atoms with Gasteiger partial charge in [-0.15, -0.1) is 0 Å². The number of hydrogen-bond donors (Lipinski definition) is 0. The van der Waals surface area contributed by atoms with Crippen molar-refractivity contribution in [1.82, 2.24) is 4.90 Å². The molecule has 1 heterocycles. The topological polar surface area (TPSA) is 3.24 Å². The van der Waals surface area contributed by atoms with Crippen LogP contribution in [0.2, 0.25) is 0 Å². The molecule has 0 N–H and O–H groups in total. The van der Waals surface area contributed by atoms with Crippen molar-refractivity contribution in [3.8, 4) is 23.7 Å². The molecule has 0 unspecified atom stereocenters. The van der Waals surface area contributed by atoms with Crippen molar-refractivity contribution >= 4 is 0 Å². The Labute approximate surface area is 140 Å². The van der Waals surface area contributed by atoms with Crippen LogP contribution >= 0.6 is 0 Å². The average Bonchev–Trinajstić information content (AvgIpc) is 2.81. The summed E-state index contributed by atoms with van der Waals surface area (Å²) in [5.41, 5.74) is 3.33. The average molecular weight is 301 g/mol. The molecule has 0 aromatic heterocycles. The summed E-state index contributed by atoms with van der Waals surface area (Å²) in [5, 5.41) is 0. The van der Waals surface area contributed by atoms with E-state index in [1.165, 1.54) is 31.5 Å². The molecular weight excluding hydrogens is 278 g/mol. The molecule has 0 radical (unpaired) electrons. The minimum absolute atomic E-state index is 0.788. The molecule has 0 bridgehead atoms. The first-order valence-electron chi connectivity index (χ1n) is 8.48. The molecular formula is C22H23N. The van der Waals surface area contributed by atoms with Gasteiger partial charge in [-0.3, -0.25) is 4.90 Å². The minimum Gasteiger partial charge on any atom is -0.298 e. The van der Waals surface area contributed by atoms with Crippen LogP contribution in [0, 0.1) is 29.6 Å². The predicted molar refractivity (Wildman–Crippen MR) is 96.7 cm³/mol. The second-order valence-corrected chi connectivity index (χ2v) is 6.41. The fourth-order valence-corrected chi connectivity index (χ4v) is 2.91. The van der Waals surface area contributed by atoms with Gasteiger partial charge in [-0.1, -0.05) is 54.9 Å². The fourth-order valence-electron chi connectivity index (χ4n) is 2.91. The molecule has 116 valence electrons. The van der Waals surface area contributed by atoms with Gasteiger partial charge in [0.25, 0.3) is 0 Å². The third-order valence-electron chi connectivity index (χ3n) is 4.40. The highest BCUT2D eigenvalue weighted by Crippen LogP contribution is 2.17. The molecule has 1 heteroatoms. The van der Waals surface area contributed by atoms with Crippen molar-refractivity contribution in [3.05, 3.63) is 59.2 Å². The van der Waals surface area contributed by atoms with Crippen LogP contribution in [0.1, 0.15) is 31.7 Å². The summed E-state index contributed by atoms with van der Waals surface area (Å²) in [7, 11) is 0. The summed E-state index contributed by atoms with van der Waals surface area (Å²) in [6.07, 6.45) is 7.70. The van der Waals surface area contributed by atoms with Crippen molar-refractivity contribution < 1.29 is 0 Å². The molecule has 23 heavy (non-hydrogen) atoms. The van der Waals surface area contributed by atoms with E-state index in [0.717, 1.165) is 30.0 Å². The molecule has 3 rings (SSSR count). The zero-order valence-electron chi connectivity index (χ0n) is 13.8. The highest BCUT2D eigenvalue weighted by molar-refractivity contribution is 5.50. The third-order valence-corrected chi connectivity index (χ3v) is 4.40. The molecule has 1 saturated heterocycles. The largest absolute Gasteiger partial charge is 0.298 e. The Morgan fingerprint density at radius 1 is 1.13 bits per heavy atom. The Hall–Kier alpha value is -2.22. The van der Waals surface area contributed by atoms with Crippen LogP contribution in [0.25, 0.3) is 0 Å². The van der Waals surface area contributed by atoms with Gasteiger partial charge in [0.05, 0.1) is 0 Å². The molecule has 0 atom stereocenters. The smallest absolute Gasteiger partial charge is 0.0313 e. The highest BCUT2D eigenvalue weighted by atomic mass is 15.1. The normalized spacial score (nSPS) is 18.7. The highest BCUT2D eigenvalue weighted by Gasteiger charge is 2.16. The lowest BCUT2D eigenvalue weighted by Crippen LogP contribution is -2.34. The van der Waals surface area contributed by atoms with Gasteiger partial charge >= 0.3 is 0 Å². The van der Waals surface area contributed by atoms with Gasteiger partial charge < -0.3 is 0 Å². The number of rotatable bonds is 2. The van der Waals surface area contributed by atoms with E-state index in [9.17, 15) is 0 Å². The molecule has 1 nitrogen and oxygen atoms in total. The maximum atomic E-state index is 3.32. The summed E-state index contributed by atoms with van der Waals surface area (Å²) < 4.78 is 0. The van der Waals surface area contributed by atoms with Crippen LogP contribution in [0.5, 0.6) is 0 Å². The number of piperidine rings is 1. The Kier molecular flexibility index (Phi) is 5.36. The number of nitrogens with zero attached hydrogens (tertiary/aromatic N) is 1. The first kappa shape index (κ1) is 15.7. The maximum absolute atomic E-state index is 3.32. The lowest BCUT2D eigenvalue weighted by atomic mass is 9.99. The molecule has 2 aliphatic rings. The van der Waals surface area contributed by atoms with Crippen molar-refractivity contribution in [3.63, 3.8) is 0 Å². The summed E-state index contributed by atoms with van der Waals surface area (Å²) in [6.45, 7) is 5.69. The van der Waals surface area contributed by atoms with Crippen LogP contribution < -0.4 is 0 Å². The van der Waals surface area contributed by atoms with Gasteiger partial charge in [0.2, 0.25) is 0 Å². The molecule has 1 aromatic carbocycles. The van der Waals surface area contributed by atoms with Crippen LogP contribution in [0.15, 0.2) is 53.6 Å². The second-order valence-electron chi connectivity index (χ2n) is 6.41. The first-order chi connectivity index (χ1) is 11.3. The SMILES string of the molecule is CC1CCN(CC2=CC(C#Cc3ccccc3)=CCC#C2)CC1. The van der Waals surface area contributed by atoms with E-state index in [0.29, 0.717) is 0 Å².